The molecular formula is C16H22F2N2. The third kappa shape index (κ3) is 3.01. The van der Waals surface area contributed by atoms with Crippen molar-refractivity contribution in [3.8, 4) is 0 Å². The van der Waals surface area contributed by atoms with Gasteiger partial charge in [-0.15, -0.1) is 0 Å². The van der Waals surface area contributed by atoms with Crippen LogP contribution in [0, 0.1) is 11.6 Å². The first kappa shape index (κ1) is 14.0. The Balaban J connectivity index is 1.74. The van der Waals surface area contributed by atoms with Gasteiger partial charge in [0, 0.05) is 24.2 Å². The minimum absolute atomic E-state index is 0.296. The van der Waals surface area contributed by atoms with E-state index in [1.54, 1.807) is 0 Å². The molecule has 2 saturated heterocycles. The lowest BCUT2D eigenvalue weighted by atomic mass is 9.94. The maximum absolute atomic E-state index is 13.8. The highest BCUT2D eigenvalue weighted by Crippen LogP contribution is 2.26. The van der Waals surface area contributed by atoms with Crippen LogP contribution in [-0.2, 0) is 6.54 Å². The Morgan fingerprint density at radius 2 is 2.05 bits per heavy atom. The van der Waals surface area contributed by atoms with Gasteiger partial charge in [-0.05, 0) is 57.0 Å². The van der Waals surface area contributed by atoms with Crippen molar-refractivity contribution in [2.75, 3.05) is 13.1 Å². The molecule has 2 atom stereocenters. The predicted molar refractivity (Wildman–Crippen MR) is 75.4 cm³/mol. The molecule has 2 aliphatic rings. The van der Waals surface area contributed by atoms with Gasteiger partial charge in [0.1, 0.15) is 11.6 Å². The van der Waals surface area contributed by atoms with Crippen molar-refractivity contribution in [1.82, 2.24) is 10.2 Å². The Labute approximate surface area is 119 Å². The summed E-state index contributed by atoms with van der Waals surface area (Å²) < 4.78 is 27.1. The highest BCUT2D eigenvalue weighted by molar-refractivity contribution is 5.19. The summed E-state index contributed by atoms with van der Waals surface area (Å²) >= 11 is 0. The first-order valence-electron chi connectivity index (χ1n) is 7.65. The van der Waals surface area contributed by atoms with E-state index < -0.39 is 0 Å². The maximum Gasteiger partial charge on any atom is 0.127 e. The number of hydrogen-bond acceptors (Lipinski definition) is 2. The Morgan fingerprint density at radius 3 is 2.85 bits per heavy atom. The molecule has 4 heteroatoms. The van der Waals surface area contributed by atoms with Crippen molar-refractivity contribution in [2.45, 2.75) is 50.7 Å². The number of rotatable bonds is 3. The number of hydrogen-bond donors (Lipinski definition) is 1. The average Bonchev–Trinajstić information content (AvgIpc) is 2.97. The van der Waals surface area contributed by atoms with Crippen LogP contribution in [0.3, 0.4) is 0 Å². The van der Waals surface area contributed by atoms with Gasteiger partial charge in [-0.3, -0.25) is 4.90 Å². The molecule has 2 fully saturated rings. The van der Waals surface area contributed by atoms with Crippen LogP contribution in [0.1, 0.15) is 37.7 Å². The second-order valence-corrected chi connectivity index (χ2v) is 5.97. The van der Waals surface area contributed by atoms with E-state index >= 15 is 0 Å². The standard InChI is InChI=1S/C16H22F2N2/c17-13-6-7-14(18)12(10-13)11-20-9-2-1-5-16(20)15-4-3-8-19-15/h6-7,10,15-16,19H,1-5,8-9,11H2. The van der Waals surface area contributed by atoms with E-state index in [1.807, 2.05) is 0 Å². The van der Waals surface area contributed by atoms with E-state index in [0.29, 0.717) is 24.2 Å². The minimum atomic E-state index is -0.353. The molecule has 20 heavy (non-hydrogen) atoms. The van der Waals surface area contributed by atoms with E-state index in [1.165, 1.54) is 37.5 Å². The minimum Gasteiger partial charge on any atom is -0.312 e. The SMILES string of the molecule is Fc1ccc(F)c(CN2CCCCC2C2CCCN2)c1. The fraction of sp³-hybridized carbons (Fsp3) is 0.625. The summed E-state index contributed by atoms with van der Waals surface area (Å²) in [6.45, 7) is 2.59. The molecule has 2 aliphatic heterocycles. The molecule has 3 rings (SSSR count). The van der Waals surface area contributed by atoms with Gasteiger partial charge >= 0.3 is 0 Å². The molecule has 2 unspecified atom stereocenters. The molecule has 1 aromatic rings. The van der Waals surface area contributed by atoms with Gasteiger partial charge in [0.05, 0.1) is 0 Å². The molecule has 2 heterocycles. The summed E-state index contributed by atoms with van der Waals surface area (Å²) in [5.74, 6) is -0.649. The lowest BCUT2D eigenvalue weighted by Gasteiger charge is -2.39. The van der Waals surface area contributed by atoms with E-state index in [9.17, 15) is 8.78 Å². The third-order valence-electron chi connectivity index (χ3n) is 4.61. The first-order chi connectivity index (χ1) is 9.74. The van der Waals surface area contributed by atoms with E-state index in [4.69, 9.17) is 0 Å². The van der Waals surface area contributed by atoms with Crippen LogP contribution in [0.15, 0.2) is 18.2 Å². The second kappa shape index (κ2) is 6.19. The van der Waals surface area contributed by atoms with Gasteiger partial charge in [0.25, 0.3) is 0 Å². The summed E-state index contributed by atoms with van der Waals surface area (Å²) in [5.41, 5.74) is 0.481. The zero-order valence-electron chi connectivity index (χ0n) is 11.7. The largest absolute Gasteiger partial charge is 0.312 e. The zero-order chi connectivity index (χ0) is 13.9. The third-order valence-corrected chi connectivity index (χ3v) is 4.61. The molecule has 110 valence electrons. The summed E-state index contributed by atoms with van der Waals surface area (Å²) in [7, 11) is 0. The van der Waals surface area contributed by atoms with Gasteiger partial charge in [-0.1, -0.05) is 6.42 Å². The van der Waals surface area contributed by atoms with Crippen molar-refractivity contribution < 1.29 is 8.78 Å². The van der Waals surface area contributed by atoms with Gasteiger partial charge < -0.3 is 5.32 Å². The monoisotopic (exact) mass is 280 g/mol. The molecule has 0 spiro atoms. The Hall–Kier alpha value is -1.00. The number of piperidine rings is 1. The van der Waals surface area contributed by atoms with Crippen LogP contribution in [-0.4, -0.2) is 30.1 Å². The molecule has 0 saturated carbocycles. The van der Waals surface area contributed by atoms with Crippen LogP contribution in [0.5, 0.6) is 0 Å². The van der Waals surface area contributed by atoms with Crippen LogP contribution >= 0.6 is 0 Å². The van der Waals surface area contributed by atoms with E-state index in [2.05, 4.69) is 10.2 Å². The lowest BCUT2D eigenvalue weighted by molar-refractivity contribution is 0.111. The molecule has 0 aliphatic carbocycles. The van der Waals surface area contributed by atoms with Crippen molar-refractivity contribution in [2.24, 2.45) is 0 Å². The Bertz CT molecular complexity index is 458. The molecule has 0 radical (unpaired) electrons. The van der Waals surface area contributed by atoms with Crippen molar-refractivity contribution in [3.63, 3.8) is 0 Å². The quantitative estimate of drug-likeness (QED) is 0.915. The molecule has 0 bridgehead atoms. The number of halogens is 2. The zero-order valence-corrected chi connectivity index (χ0v) is 11.7. The fourth-order valence-electron chi connectivity index (χ4n) is 3.59. The summed E-state index contributed by atoms with van der Waals surface area (Å²) in [6, 6.07) is 4.74. The first-order valence-corrected chi connectivity index (χ1v) is 7.65. The molecular weight excluding hydrogens is 258 g/mol. The van der Waals surface area contributed by atoms with Gasteiger partial charge in [0.15, 0.2) is 0 Å². The van der Waals surface area contributed by atoms with Gasteiger partial charge in [0.2, 0.25) is 0 Å². The number of nitrogens with zero attached hydrogens (tertiary/aromatic N) is 1. The van der Waals surface area contributed by atoms with E-state index in [0.717, 1.165) is 25.9 Å². The highest BCUT2D eigenvalue weighted by Gasteiger charge is 2.31. The number of likely N-dealkylation sites (tertiary alicyclic amines) is 1. The smallest absolute Gasteiger partial charge is 0.127 e. The number of nitrogens with one attached hydrogen (secondary N) is 1. The van der Waals surface area contributed by atoms with Crippen LogP contribution in [0.4, 0.5) is 8.78 Å². The molecule has 0 amide bonds. The predicted octanol–water partition coefficient (Wildman–Crippen LogP) is 3.07. The van der Waals surface area contributed by atoms with Crippen LogP contribution < -0.4 is 5.32 Å². The van der Waals surface area contributed by atoms with Gasteiger partial charge in [-0.25, -0.2) is 8.78 Å². The highest BCUT2D eigenvalue weighted by atomic mass is 19.1. The van der Waals surface area contributed by atoms with Crippen LogP contribution in [0.25, 0.3) is 0 Å². The average molecular weight is 280 g/mol. The Morgan fingerprint density at radius 1 is 1.15 bits per heavy atom. The van der Waals surface area contributed by atoms with Crippen molar-refractivity contribution in [3.05, 3.63) is 35.4 Å². The maximum atomic E-state index is 13.8. The molecule has 2 nitrogen and oxygen atoms in total. The molecule has 0 aromatic heterocycles. The normalized spacial score (nSPS) is 27.9. The lowest BCUT2D eigenvalue weighted by Crippen LogP contribution is -2.49. The molecule has 1 N–H and O–H groups in total. The van der Waals surface area contributed by atoms with Crippen molar-refractivity contribution in [1.29, 1.82) is 0 Å². The Kier molecular flexibility index (Phi) is 4.32. The van der Waals surface area contributed by atoms with Gasteiger partial charge in [-0.2, -0.15) is 0 Å². The number of benzene rings is 1. The summed E-state index contributed by atoms with van der Waals surface area (Å²) in [4.78, 5) is 2.34. The summed E-state index contributed by atoms with van der Waals surface area (Å²) in [6.07, 6.45) is 5.98. The van der Waals surface area contributed by atoms with E-state index in [-0.39, 0.29) is 11.6 Å². The topological polar surface area (TPSA) is 15.3 Å². The second-order valence-electron chi connectivity index (χ2n) is 5.97. The van der Waals surface area contributed by atoms with Crippen molar-refractivity contribution >= 4 is 0 Å². The summed E-state index contributed by atoms with van der Waals surface area (Å²) in [5, 5.41) is 3.56. The van der Waals surface area contributed by atoms with Crippen LogP contribution in [0.2, 0.25) is 0 Å². The fourth-order valence-corrected chi connectivity index (χ4v) is 3.59. The molecule has 1 aromatic carbocycles.